The van der Waals surface area contributed by atoms with E-state index in [2.05, 4.69) is 10.3 Å². The normalized spacial score (nSPS) is 10.2. The van der Waals surface area contributed by atoms with Gasteiger partial charge < -0.3 is 10.1 Å². The molecule has 1 aromatic carbocycles. The molecule has 0 radical (unpaired) electrons. The number of halogens is 3. The summed E-state index contributed by atoms with van der Waals surface area (Å²) < 4.78 is 31.9. The number of hydrogen-bond acceptors (Lipinski definition) is 3. The fraction of sp³-hybridized carbons (Fsp3) is 0.0833. The summed E-state index contributed by atoms with van der Waals surface area (Å²) in [7, 11) is 1.48. The highest BCUT2D eigenvalue weighted by molar-refractivity contribution is 6.30. The van der Waals surface area contributed by atoms with E-state index in [1.54, 1.807) is 18.2 Å². The molecule has 0 saturated heterocycles. The van der Waals surface area contributed by atoms with Gasteiger partial charge in [0.2, 0.25) is 0 Å². The van der Waals surface area contributed by atoms with Crippen LogP contribution in [-0.4, -0.2) is 12.0 Å². The fourth-order valence-electron chi connectivity index (χ4n) is 1.34. The molecule has 0 aliphatic rings. The highest BCUT2D eigenvalue weighted by Gasteiger charge is 2.13. The second-order valence-electron chi connectivity index (χ2n) is 3.42. The number of hydrogen-bond donors (Lipinski definition) is 1. The van der Waals surface area contributed by atoms with Gasteiger partial charge in [0.15, 0.2) is 17.5 Å². The largest absolute Gasteiger partial charge is 0.436 e. The van der Waals surface area contributed by atoms with E-state index in [1.807, 2.05) is 0 Å². The zero-order valence-electron chi connectivity index (χ0n) is 9.38. The molecule has 1 heterocycles. The molecular formula is C12H9ClF2N2O. The van der Waals surface area contributed by atoms with Gasteiger partial charge in [-0.05, 0) is 18.2 Å². The third kappa shape index (κ3) is 2.68. The van der Waals surface area contributed by atoms with Gasteiger partial charge in [-0.2, -0.15) is 4.98 Å². The van der Waals surface area contributed by atoms with Crippen molar-refractivity contribution < 1.29 is 13.5 Å². The lowest BCUT2D eigenvalue weighted by atomic mass is 10.3. The van der Waals surface area contributed by atoms with Crippen LogP contribution in [0.5, 0.6) is 11.6 Å². The molecule has 2 rings (SSSR count). The number of anilines is 1. The van der Waals surface area contributed by atoms with Gasteiger partial charge in [0, 0.05) is 18.1 Å². The highest BCUT2D eigenvalue weighted by Crippen LogP contribution is 2.27. The number of benzene rings is 1. The maximum atomic E-state index is 13.5. The van der Waals surface area contributed by atoms with Crippen LogP contribution >= 0.6 is 11.6 Å². The zero-order valence-corrected chi connectivity index (χ0v) is 10.1. The summed E-state index contributed by atoms with van der Waals surface area (Å²) in [5.74, 6) is -1.75. The van der Waals surface area contributed by atoms with E-state index in [9.17, 15) is 8.78 Å². The molecule has 0 aliphatic heterocycles. The Morgan fingerprint density at radius 1 is 1.22 bits per heavy atom. The Labute approximate surface area is 107 Å². The molecule has 0 atom stereocenters. The third-order valence-electron chi connectivity index (χ3n) is 2.14. The van der Waals surface area contributed by atoms with Crippen LogP contribution in [0, 0.1) is 11.6 Å². The van der Waals surface area contributed by atoms with Crippen molar-refractivity contribution in [2.45, 2.75) is 0 Å². The lowest BCUT2D eigenvalue weighted by Gasteiger charge is -2.08. The molecule has 3 nitrogen and oxygen atoms in total. The SMILES string of the molecule is CNc1nc(Oc2cccc(Cl)c2)c(F)cc1F. The van der Waals surface area contributed by atoms with Crippen molar-refractivity contribution >= 4 is 17.4 Å². The smallest absolute Gasteiger partial charge is 0.258 e. The van der Waals surface area contributed by atoms with Crippen molar-refractivity contribution in [3.8, 4) is 11.6 Å². The van der Waals surface area contributed by atoms with E-state index in [-0.39, 0.29) is 11.7 Å². The van der Waals surface area contributed by atoms with Crippen molar-refractivity contribution in [2.75, 3.05) is 12.4 Å². The summed E-state index contributed by atoms with van der Waals surface area (Å²) in [5, 5.41) is 2.95. The fourth-order valence-corrected chi connectivity index (χ4v) is 1.52. The number of rotatable bonds is 3. The second-order valence-corrected chi connectivity index (χ2v) is 3.85. The lowest BCUT2D eigenvalue weighted by Crippen LogP contribution is -2.00. The van der Waals surface area contributed by atoms with Gasteiger partial charge in [-0.15, -0.1) is 0 Å². The molecule has 6 heteroatoms. The van der Waals surface area contributed by atoms with Gasteiger partial charge >= 0.3 is 0 Å². The summed E-state index contributed by atoms with van der Waals surface area (Å²) >= 11 is 5.77. The lowest BCUT2D eigenvalue weighted by molar-refractivity contribution is 0.418. The van der Waals surface area contributed by atoms with Gasteiger partial charge in [0.25, 0.3) is 5.88 Å². The molecule has 0 saturated carbocycles. The molecule has 1 N–H and O–H groups in total. The van der Waals surface area contributed by atoms with Gasteiger partial charge in [-0.25, -0.2) is 8.78 Å². The predicted molar refractivity (Wildman–Crippen MR) is 65.2 cm³/mol. The minimum Gasteiger partial charge on any atom is -0.436 e. The van der Waals surface area contributed by atoms with Gasteiger partial charge in [0.1, 0.15) is 5.75 Å². The second kappa shape index (κ2) is 5.18. The van der Waals surface area contributed by atoms with Gasteiger partial charge in [-0.3, -0.25) is 0 Å². The van der Waals surface area contributed by atoms with Crippen LogP contribution < -0.4 is 10.1 Å². The summed E-state index contributed by atoms with van der Waals surface area (Å²) in [6, 6.07) is 7.11. The molecule has 1 aromatic heterocycles. The van der Waals surface area contributed by atoms with Gasteiger partial charge in [-0.1, -0.05) is 17.7 Å². The first-order chi connectivity index (χ1) is 8.60. The van der Waals surface area contributed by atoms with Crippen LogP contribution in [0.1, 0.15) is 0 Å². The summed E-state index contributed by atoms with van der Waals surface area (Å²) in [5.41, 5.74) is 0. The summed E-state index contributed by atoms with van der Waals surface area (Å²) in [6.45, 7) is 0. The molecular weight excluding hydrogens is 262 g/mol. The van der Waals surface area contributed by atoms with E-state index < -0.39 is 11.6 Å². The molecule has 94 valence electrons. The molecule has 0 bridgehead atoms. The van der Waals surface area contributed by atoms with Crippen LogP contribution in [0.15, 0.2) is 30.3 Å². The number of aromatic nitrogens is 1. The average molecular weight is 271 g/mol. The molecule has 18 heavy (non-hydrogen) atoms. The highest BCUT2D eigenvalue weighted by atomic mass is 35.5. The van der Waals surface area contributed by atoms with Crippen molar-refractivity contribution in [2.24, 2.45) is 0 Å². The van der Waals surface area contributed by atoms with E-state index in [0.29, 0.717) is 16.8 Å². The first-order valence-corrected chi connectivity index (χ1v) is 5.45. The zero-order chi connectivity index (χ0) is 13.1. The first-order valence-electron chi connectivity index (χ1n) is 5.07. The van der Waals surface area contributed by atoms with E-state index >= 15 is 0 Å². The van der Waals surface area contributed by atoms with Crippen LogP contribution in [0.25, 0.3) is 0 Å². The quantitative estimate of drug-likeness (QED) is 0.920. The monoisotopic (exact) mass is 270 g/mol. The Kier molecular flexibility index (Phi) is 3.62. The van der Waals surface area contributed by atoms with Crippen LogP contribution in [0.4, 0.5) is 14.6 Å². The average Bonchev–Trinajstić information content (AvgIpc) is 2.33. The molecule has 0 fully saturated rings. The minimum atomic E-state index is -0.883. The van der Waals surface area contributed by atoms with Crippen LogP contribution in [0.2, 0.25) is 5.02 Å². The Balaban J connectivity index is 2.34. The van der Waals surface area contributed by atoms with E-state index in [4.69, 9.17) is 16.3 Å². The Hall–Kier alpha value is -1.88. The van der Waals surface area contributed by atoms with Crippen molar-refractivity contribution in [3.63, 3.8) is 0 Å². The van der Waals surface area contributed by atoms with E-state index in [1.165, 1.54) is 13.1 Å². The predicted octanol–water partition coefficient (Wildman–Crippen LogP) is 3.85. The number of ether oxygens (including phenoxy) is 1. The van der Waals surface area contributed by atoms with Crippen LogP contribution in [0.3, 0.4) is 0 Å². The summed E-state index contributed by atoms with van der Waals surface area (Å²) in [6.07, 6.45) is 0. The molecule has 0 spiro atoms. The molecule has 0 amide bonds. The Bertz CT molecular complexity index is 578. The van der Waals surface area contributed by atoms with Crippen molar-refractivity contribution in [1.82, 2.24) is 4.98 Å². The third-order valence-corrected chi connectivity index (χ3v) is 2.38. The van der Waals surface area contributed by atoms with Crippen LogP contribution in [-0.2, 0) is 0 Å². The first kappa shape index (κ1) is 12.6. The standard InChI is InChI=1S/C12H9ClF2N2O/c1-16-11-9(14)6-10(15)12(17-11)18-8-4-2-3-7(13)5-8/h2-6H,1H3,(H,16,17). The Morgan fingerprint density at radius 3 is 2.67 bits per heavy atom. The van der Waals surface area contributed by atoms with E-state index in [0.717, 1.165) is 0 Å². The summed E-state index contributed by atoms with van der Waals surface area (Å²) in [4.78, 5) is 3.69. The number of nitrogens with one attached hydrogen (secondary N) is 1. The molecule has 0 aliphatic carbocycles. The van der Waals surface area contributed by atoms with Gasteiger partial charge in [0.05, 0.1) is 0 Å². The molecule has 2 aromatic rings. The number of nitrogens with zero attached hydrogens (tertiary/aromatic N) is 1. The maximum absolute atomic E-state index is 13.5. The topological polar surface area (TPSA) is 34.2 Å². The van der Waals surface area contributed by atoms with Crippen molar-refractivity contribution in [1.29, 1.82) is 0 Å². The number of pyridine rings is 1. The Morgan fingerprint density at radius 2 is 2.00 bits per heavy atom. The minimum absolute atomic E-state index is 0.0894. The van der Waals surface area contributed by atoms with Crippen molar-refractivity contribution in [3.05, 3.63) is 47.0 Å². The molecule has 0 unspecified atom stereocenters. The maximum Gasteiger partial charge on any atom is 0.258 e.